The van der Waals surface area contributed by atoms with Gasteiger partial charge < -0.3 is 4.74 Å². The Morgan fingerprint density at radius 2 is 2.17 bits per heavy atom. The Morgan fingerprint density at radius 1 is 1.22 bits per heavy atom. The van der Waals surface area contributed by atoms with Crippen molar-refractivity contribution in [3.63, 3.8) is 0 Å². The lowest BCUT2D eigenvalue weighted by molar-refractivity contribution is 0.357. The summed E-state index contributed by atoms with van der Waals surface area (Å²) in [4.78, 5) is 0. The molecule has 0 saturated heterocycles. The van der Waals surface area contributed by atoms with E-state index in [4.69, 9.17) is 16.3 Å². The fourth-order valence-electron chi connectivity index (χ4n) is 2.86. The number of benzene rings is 1. The van der Waals surface area contributed by atoms with Crippen LogP contribution in [0.1, 0.15) is 36.8 Å². The van der Waals surface area contributed by atoms with E-state index in [1.165, 1.54) is 29.5 Å². The molecule has 0 fully saturated rings. The molecule has 2 aliphatic rings. The molecule has 0 spiro atoms. The minimum Gasteiger partial charge on any atom is -0.493 e. The van der Waals surface area contributed by atoms with Crippen LogP contribution in [0, 0.1) is 0 Å². The minimum absolute atomic E-state index is 0.266. The maximum absolute atomic E-state index is 6.18. The zero-order valence-corrected chi connectivity index (χ0v) is 11.4. The number of halogens is 1. The molecule has 0 N–H and O–H groups in total. The van der Waals surface area contributed by atoms with Crippen LogP contribution < -0.4 is 4.74 Å². The molecule has 1 heterocycles. The van der Waals surface area contributed by atoms with E-state index in [9.17, 15) is 0 Å². The van der Waals surface area contributed by atoms with E-state index in [2.05, 4.69) is 24.3 Å². The van der Waals surface area contributed by atoms with Gasteiger partial charge in [0.15, 0.2) is 0 Å². The average Bonchev–Trinajstić information content (AvgIpc) is 2.84. The Bertz CT molecular complexity index is 464. The lowest BCUT2D eigenvalue weighted by Crippen LogP contribution is -2.04. The number of aryl methyl sites for hydroxylation is 1. The molecular weight excluding hydrogens is 244 g/mol. The quantitative estimate of drug-likeness (QED) is 0.584. The summed E-state index contributed by atoms with van der Waals surface area (Å²) >= 11 is 6.18. The maximum atomic E-state index is 6.18. The third-order valence-electron chi connectivity index (χ3n) is 3.88. The summed E-state index contributed by atoms with van der Waals surface area (Å²) in [7, 11) is 0. The van der Waals surface area contributed by atoms with E-state index in [0.717, 1.165) is 38.0 Å². The van der Waals surface area contributed by atoms with Crippen LogP contribution in [0.15, 0.2) is 29.8 Å². The van der Waals surface area contributed by atoms with Crippen molar-refractivity contribution in [1.82, 2.24) is 0 Å². The van der Waals surface area contributed by atoms with Crippen LogP contribution in [0.25, 0.3) is 0 Å². The van der Waals surface area contributed by atoms with Gasteiger partial charge in [-0.1, -0.05) is 23.8 Å². The van der Waals surface area contributed by atoms with Gasteiger partial charge in [0.25, 0.3) is 0 Å². The first kappa shape index (κ1) is 12.1. The minimum atomic E-state index is 0.266. The van der Waals surface area contributed by atoms with Gasteiger partial charge in [-0.05, 0) is 49.3 Å². The number of alkyl halides is 1. The second-order valence-corrected chi connectivity index (χ2v) is 5.83. The first-order valence-corrected chi connectivity index (χ1v) is 7.33. The summed E-state index contributed by atoms with van der Waals surface area (Å²) in [6.07, 6.45) is 9.24. The molecule has 2 heteroatoms. The Labute approximate surface area is 114 Å². The summed E-state index contributed by atoms with van der Waals surface area (Å²) in [6, 6.07) is 6.63. The number of allylic oxidation sites excluding steroid dienone is 2. The lowest BCUT2D eigenvalue weighted by Gasteiger charge is -2.16. The van der Waals surface area contributed by atoms with E-state index in [1.807, 2.05) is 0 Å². The van der Waals surface area contributed by atoms with Gasteiger partial charge in [-0.2, -0.15) is 0 Å². The second kappa shape index (κ2) is 5.36. The van der Waals surface area contributed by atoms with Gasteiger partial charge >= 0.3 is 0 Å². The number of rotatable bonds is 3. The number of fused-ring (bicyclic) bond motifs is 1. The summed E-state index contributed by atoms with van der Waals surface area (Å²) in [6.45, 7) is 0.845. The van der Waals surface area contributed by atoms with Gasteiger partial charge in [-0.25, -0.2) is 0 Å². The Morgan fingerprint density at radius 3 is 3.06 bits per heavy atom. The molecule has 0 saturated carbocycles. The Balaban J connectivity index is 1.63. The smallest absolute Gasteiger partial charge is 0.122 e. The number of ether oxygens (including phenoxy) is 1. The highest BCUT2D eigenvalue weighted by atomic mass is 35.5. The molecule has 1 aliphatic heterocycles. The van der Waals surface area contributed by atoms with Crippen molar-refractivity contribution < 1.29 is 4.74 Å². The van der Waals surface area contributed by atoms with Crippen molar-refractivity contribution in [1.29, 1.82) is 0 Å². The van der Waals surface area contributed by atoms with E-state index < -0.39 is 0 Å². The van der Waals surface area contributed by atoms with E-state index >= 15 is 0 Å². The van der Waals surface area contributed by atoms with E-state index in [1.54, 1.807) is 0 Å². The second-order valence-electron chi connectivity index (χ2n) is 5.27. The largest absolute Gasteiger partial charge is 0.493 e. The van der Waals surface area contributed by atoms with Crippen LogP contribution in [-0.2, 0) is 12.8 Å². The Hall–Kier alpha value is -0.950. The van der Waals surface area contributed by atoms with Crippen molar-refractivity contribution in [2.24, 2.45) is 0 Å². The highest BCUT2D eigenvalue weighted by Crippen LogP contribution is 2.28. The highest BCUT2D eigenvalue weighted by Gasteiger charge is 2.13. The summed E-state index contributed by atoms with van der Waals surface area (Å²) in [5, 5.41) is 0.266. The van der Waals surface area contributed by atoms with Gasteiger partial charge in [0.05, 0.1) is 12.0 Å². The molecule has 0 amide bonds. The first-order valence-electron chi connectivity index (χ1n) is 6.89. The molecule has 3 rings (SSSR count). The predicted molar refractivity (Wildman–Crippen MR) is 75.5 cm³/mol. The lowest BCUT2D eigenvalue weighted by atomic mass is 9.93. The van der Waals surface area contributed by atoms with Crippen molar-refractivity contribution in [2.75, 3.05) is 6.61 Å². The normalized spacial score (nSPS) is 22.3. The van der Waals surface area contributed by atoms with Gasteiger partial charge in [-0.15, -0.1) is 11.6 Å². The van der Waals surface area contributed by atoms with Gasteiger partial charge in [0.1, 0.15) is 5.75 Å². The van der Waals surface area contributed by atoms with Gasteiger partial charge in [0.2, 0.25) is 0 Å². The summed E-state index contributed by atoms with van der Waals surface area (Å²) < 4.78 is 5.53. The van der Waals surface area contributed by atoms with Crippen LogP contribution >= 0.6 is 11.6 Å². The van der Waals surface area contributed by atoms with Crippen LogP contribution in [0.2, 0.25) is 0 Å². The molecule has 1 aliphatic carbocycles. The molecule has 1 aromatic rings. The summed E-state index contributed by atoms with van der Waals surface area (Å²) in [5.74, 6) is 1.08. The molecule has 0 aromatic heterocycles. The Kier molecular flexibility index (Phi) is 3.60. The zero-order valence-electron chi connectivity index (χ0n) is 10.6. The molecule has 96 valence electrons. The standard InChI is InChI=1S/C16H19ClO/c17-15-3-1-2-12(11-15)4-5-13-6-7-16-14(10-13)8-9-18-16/h6-7,10-11,15H,1-5,8-9H2. The third-order valence-corrected chi connectivity index (χ3v) is 4.23. The van der Waals surface area contributed by atoms with E-state index in [0.29, 0.717) is 0 Å². The van der Waals surface area contributed by atoms with Crippen molar-refractivity contribution in [2.45, 2.75) is 43.9 Å². The molecule has 1 unspecified atom stereocenters. The molecule has 0 bridgehead atoms. The van der Waals surface area contributed by atoms with Crippen LogP contribution in [0.3, 0.4) is 0 Å². The van der Waals surface area contributed by atoms with Crippen molar-refractivity contribution in [3.8, 4) is 5.75 Å². The highest BCUT2D eigenvalue weighted by molar-refractivity contribution is 6.21. The van der Waals surface area contributed by atoms with Gasteiger partial charge in [0, 0.05) is 6.42 Å². The van der Waals surface area contributed by atoms with Crippen LogP contribution in [0.5, 0.6) is 5.75 Å². The molecular formula is C16H19ClO. The van der Waals surface area contributed by atoms with Crippen molar-refractivity contribution >= 4 is 11.6 Å². The van der Waals surface area contributed by atoms with Crippen LogP contribution in [0.4, 0.5) is 0 Å². The fourth-order valence-corrected chi connectivity index (χ4v) is 3.19. The fraction of sp³-hybridized carbons (Fsp3) is 0.500. The predicted octanol–water partition coefficient (Wildman–Crippen LogP) is 4.27. The van der Waals surface area contributed by atoms with E-state index in [-0.39, 0.29) is 5.38 Å². The topological polar surface area (TPSA) is 9.23 Å². The van der Waals surface area contributed by atoms with Crippen molar-refractivity contribution in [3.05, 3.63) is 41.0 Å². The van der Waals surface area contributed by atoms with Gasteiger partial charge in [-0.3, -0.25) is 0 Å². The number of hydrogen-bond acceptors (Lipinski definition) is 1. The monoisotopic (exact) mass is 262 g/mol. The zero-order chi connectivity index (χ0) is 12.4. The third kappa shape index (κ3) is 2.72. The molecule has 1 aromatic carbocycles. The molecule has 1 atom stereocenters. The number of hydrogen-bond donors (Lipinski definition) is 0. The average molecular weight is 263 g/mol. The SMILES string of the molecule is ClC1C=C(CCc2ccc3c(c2)CCO3)CCC1. The summed E-state index contributed by atoms with van der Waals surface area (Å²) in [5.41, 5.74) is 4.34. The molecule has 0 radical (unpaired) electrons. The van der Waals surface area contributed by atoms with Crippen LogP contribution in [-0.4, -0.2) is 12.0 Å². The molecule has 18 heavy (non-hydrogen) atoms. The first-order chi connectivity index (χ1) is 8.81. The maximum Gasteiger partial charge on any atom is 0.122 e. The molecule has 1 nitrogen and oxygen atoms in total.